The number of amides is 2. The van der Waals surface area contributed by atoms with Crippen molar-refractivity contribution in [1.82, 2.24) is 10.2 Å². The highest BCUT2D eigenvalue weighted by molar-refractivity contribution is 5.83. The number of hydrogen-bond acceptors (Lipinski definition) is 2. The number of nitrogens with zero attached hydrogens (tertiary/aromatic N) is 1. The van der Waals surface area contributed by atoms with Crippen LogP contribution in [0.15, 0.2) is 0 Å². The van der Waals surface area contributed by atoms with Gasteiger partial charge >= 0.3 is 12.0 Å². The number of aliphatic carboxylic acids is 1. The highest BCUT2D eigenvalue weighted by Gasteiger charge is 2.40. The van der Waals surface area contributed by atoms with Crippen LogP contribution in [-0.2, 0) is 4.79 Å². The minimum atomic E-state index is -0.891. The number of urea groups is 1. The van der Waals surface area contributed by atoms with Gasteiger partial charge in [-0.15, -0.1) is 0 Å². The Morgan fingerprint density at radius 1 is 1.11 bits per heavy atom. The van der Waals surface area contributed by atoms with Crippen LogP contribution in [0.4, 0.5) is 4.79 Å². The first kappa shape index (κ1) is 14.2. The van der Waals surface area contributed by atoms with Gasteiger partial charge in [0.2, 0.25) is 0 Å². The zero-order valence-corrected chi connectivity index (χ0v) is 11.8. The largest absolute Gasteiger partial charge is 0.480 e. The normalized spacial score (nSPS) is 35.2. The van der Waals surface area contributed by atoms with Gasteiger partial charge in [0.15, 0.2) is 0 Å². The maximum absolute atomic E-state index is 12.2. The molecular weight excluding hydrogens is 244 g/mol. The average molecular weight is 268 g/mol. The molecule has 2 fully saturated rings. The van der Waals surface area contributed by atoms with Crippen LogP contribution in [0.2, 0.25) is 0 Å². The van der Waals surface area contributed by atoms with Crippen LogP contribution in [0.25, 0.3) is 0 Å². The second-order valence-electron chi connectivity index (χ2n) is 6.15. The van der Waals surface area contributed by atoms with Crippen molar-refractivity contribution in [2.45, 2.75) is 58.0 Å². The van der Waals surface area contributed by atoms with Crippen molar-refractivity contribution in [2.24, 2.45) is 11.8 Å². The molecule has 19 heavy (non-hydrogen) atoms. The first-order valence-electron chi connectivity index (χ1n) is 7.29. The summed E-state index contributed by atoms with van der Waals surface area (Å²) >= 11 is 0. The molecule has 0 aromatic carbocycles. The summed E-state index contributed by atoms with van der Waals surface area (Å²) in [4.78, 5) is 24.9. The second kappa shape index (κ2) is 5.80. The van der Waals surface area contributed by atoms with Crippen molar-refractivity contribution in [3.05, 3.63) is 0 Å². The lowest BCUT2D eigenvalue weighted by Crippen LogP contribution is -2.50. The second-order valence-corrected chi connectivity index (χ2v) is 6.15. The SMILES string of the molecule is CC1CCC(NC(=O)N2CCC(C)C2C(=O)O)CC1. The summed E-state index contributed by atoms with van der Waals surface area (Å²) in [7, 11) is 0. The van der Waals surface area contributed by atoms with E-state index in [0.29, 0.717) is 6.54 Å². The van der Waals surface area contributed by atoms with E-state index in [4.69, 9.17) is 0 Å². The molecule has 0 radical (unpaired) electrons. The van der Waals surface area contributed by atoms with Crippen LogP contribution in [0.1, 0.15) is 46.0 Å². The van der Waals surface area contributed by atoms with Gasteiger partial charge in [0, 0.05) is 12.6 Å². The van der Waals surface area contributed by atoms with Gasteiger partial charge in [-0.05, 0) is 43.9 Å². The van der Waals surface area contributed by atoms with E-state index >= 15 is 0 Å². The molecule has 0 bridgehead atoms. The minimum absolute atomic E-state index is 0.0367. The van der Waals surface area contributed by atoms with Gasteiger partial charge in [0.25, 0.3) is 0 Å². The predicted octanol–water partition coefficient (Wildman–Crippen LogP) is 2.07. The van der Waals surface area contributed by atoms with Crippen molar-refractivity contribution < 1.29 is 14.7 Å². The van der Waals surface area contributed by atoms with Crippen molar-refractivity contribution in [3.63, 3.8) is 0 Å². The molecule has 2 unspecified atom stereocenters. The smallest absolute Gasteiger partial charge is 0.326 e. The number of likely N-dealkylation sites (tertiary alicyclic amines) is 1. The number of nitrogens with one attached hydrogen (secondary N) is 1. The topological polar surface area (TPSA) is 69.6 Å². The van der Waals surface area contributed by atoms with E-state index in [2.05, 4.69) is 12.2 Å². The van der Waals surface area contributed by atoms with Crippen molar-refractivity contribution >= 4 is 12.0 Å². The average Bonchev–Trinajstić information content (AvgIpc) is 2.74. The third kappa shape index (κ3) is 3.19. The molecule has 1 heterocycles. The quantitative estimate of drug-likeness (QED) is 0.805. The van der Waals surface area contributed by atoms with Crippen LogP contribution >= 0.6 is 0 Å². The Labute approximate surface area is 114 Å². The summed E-state index contributed by atoms with van der Waals surface area (Å²) in [5.74, 6) is -0.112. The van der Waals surface area contributed by atoms with Gasteiger partial charge in [-0.2, -0.15) is 0 Å². The Morgan fingerprint density at radius 3 is 2.32 bits per heavy atom. The maximum atomic E-state index is 12.2. The van der Waals surface area contributed by atoms with E-state index in [0.717, 1.165) is 38.0 Å². The summed E-state index contributed by atoms with van der Waals surface area (Å²) in [6, 6.07) is -0.645. The molecule has 1 saturated heterocycles. The van der Waals surface area contributed by atoms with Crippen LogP contribution in [0.5, 0.6) is 0 Å². The van der Waals surface area contributed by atoms with Gasteiger partial charge in [-0.25, -0.2) is 9.59 Å². The van der Waals surface area contributed by atoms with Crippen LogP contribution in [-0.4, -0.2) is 40.6 Å². The fraction of sp³-hybridized carbons (Fsp3) is 0.857. The molecule has 5 heteroatoms. The Bertz CT molecular complexity index is 351. The summed E-state index contributed by atoms with van der Waals surface area (Å²) in [5.41, 5.74) is 0. The van der Waals surface area contributed by atoms with Gasteiger partial charge in [0.05, 0.1) is 0 Å². The first-order valence-corrected chi connectivity index (χ1v) is 7.29. The number of carbonyl (C=O) groups excluding carboxylic acids is 1. The molecule has 0 aromatic heterocycles. The van der Waals surface area contributed by atoms with Gasteiger partial charge in [-0.1, -0.05) is 13.8 Å². The molecule has 2 amide bonds. The number of carboxylic acids is 1. The zero-order chi connectivity index (χ0) is 14.0. The lowest BCUT2D eigenvalue weighted by atomic mass is 9.87. The lowest BCUT2D eigenvalue weighted by Gasteiger charge is -2.30. The molecule has 2 N–H and O–H groups in total. The molecular formula is C14H24N2O3. The Kier molecular flexibility index (Phi) is 4.32. The molecule has 1 saturated carbocycles. The van der Waals surface area contributed by atoms with Crippen molar-refractivity contribution in [3.8, 4) is 0 Å². The molecule has 0 aromatic rings. The van der Waals surface area contributed by atoms with Crippen molar-refractivity contribution in [2.75, 3.05) is 6.54 Å². The van der Waals surface area contributed by atoms with Gasteiger partial charge < -0.3 is 15.3 Å². The first-order chi connectivity index (χ1) is 8.99. The van der Waals surface area contributed by atoms with Gasteiger partial charge in [0.1, 0.15) is 6.04 Å². The van der Waals surface area contributed by atoms with E-state index in [1.165, 1.54) is 4.90 Å². The summed E-state index contributed by atoms with van der Waals surface area (Å²) in [6.07, 6.45) is 5.07. The van der Waals surface area contributed by atoms with E-state index in [1.54, 1.807) is 0 Å². The molecule has 2 atom stereocenters. The molecule has 5 nitrogen and oxygen atoms in total. The number of carboxylic acid groups (broad SMARTS) is 1. The zero-order valence-electron chi connectivity index (χ0n) is 11.8. The maximum Gasteiger partial charge on any atom is 0.326 e. The molecule has 0 spiro atoms. The van der Waals surface area contributed by atoms with Crippen molar-refractivity contribution in [1.29, 1.82) is 0 Å². The van der Waals surface area contributed by atoms with E-state index in [-0.39, 0.29) is 18.0 Å². The fourth-order valence-electron chi connectivity index (χ4n) is 3.21. The third-order valence-corrected chi connectivity index (χ3v) is 4.56. The molecule has 2 rings (SSSR count). The predicted molar refractivity (Wildman–Crippen MR) is 71.9 cm³/mol. The van der Waals surface area contributed by atoms with Crippen LogP contribution < -0.4 is 5.32 Å². The Balaban J connectivity index is 1.90. The van der Waals surface area contributed by atoms with E-state index in [9.17, 15) is 14.7 Å². The van der Waals surface area contributed by atoms with E-state index < -0.39 is 12.0 Å². The minimum Gasteiger partial charge on any atom is -0.480 e. The summed E-state index contributed by atoms with van der Waals surface area (Å²) in [5, 5.41) is 12.2. The Hall–Kier alpha value is -1.26. The lowest BCUT2D eigenvalue weighted by molar-refractivity contribution is -0.142. The number of rotatable bonds is 2. The standard InChI is InChI=1S/C14H24N2O3/c1-9-3-5-11(6-4-9)15-14(19)16-8-7-10(2)12(16)13(17)18/h9-12H,3-8H2,1-2H3,(H,15,19)(H,17,18). The van der Waals surface area contributed by atoms with E-state index in [1.807, 2.05) is 6.92 Å². The molecule has 1 aliphatic heterocycles. The van der Waals surface area contributed by atoms with Crippen LogP contribution in [0.3, 0.4) is 0 Å². The number of carbonyl (C=O) groups is 2. The molecule has 1 aliphatic carbocycles. The third-order valence-electron chi connectivity index (χ3n) is 4.56. The summed E-state index contributed by atoms with van der Waals surface area (Å²) in [6.45, 7) is 4.68. The number of hydrogen-bond donors (Lipinski definition) is 2. The van der Waals surface area contributed by atoms with Crippen LogP contribution in [0, 0.1) is 11.8 Å². The monoisotopic (exact) mass is 268 g/mol. The van der Waals surface area contributed by atoms with Gasteiger partial charge in [-0.3, -0.25) is 0 Å². The fourth-order valence-corrected chi connectivity index (χ4v) is 3.21. The highest BCUT2D eigenvalue weighted by atomic mass is 16.4. The molecule has 108 valence electrons. The highest BCUT2D eigenvalue weighted by Crippen LogP contribution is 2.26. The Morgan fingerprint density at radius 2 is 1.74 bits per heavy atom. The summed E-state index contributed by atoms with van der Waals surface area (Å²) < 4.78 is 0. The molecule has 2 aliphatic rings.